The predicted octanol–water partition coefficient (Wildman–Crippen LogP) is 2.28. The fourth-order valence-corrected chi connectivity index (χ4v) is 1.99. The first-order valence-corrected chi connectivity index (χ1v) is 8.01. The molecule has 0 fully saturated rings. The maximum Gasteiger partial charge on any atom is 0.191 e. The number of nitrogens with one attached hydrogen (secondary N) is 2. The Morgan fingerprint density at radius 2 is 1.95 bits per heavy atom. The van der Waals surface area contributed by atoms with Crippen molar-refractivity contribution in [1.82, 2.24) is 15.8 Å². The zero-order chi connectivity index (χ0) is 16.6. The van der Waals surface area contributed by atoms with Crippen LogP contribution in [0.25, 0.3) is 0 Å². The summed E-state index contributed by atoms with van der Waals surface area (Å²) in [6, 6.07) is 0. The Kier molecular flexibility index (Phi) is 7.38. The number of nitrogens with zero attached hydrogens (tertiary/aromatic N) is 2. The summed E-state index contributed by atoms with van der Waals surface area (Å²) in [4.78, 5) is 4.65. The fourth-order valence-electron chi connectivity index (χ4n) is 1.99. The number of aliphatic imine (C=N–C) groups is 1. The molecule has 22 heavy (non-hydrogen) atoms. The molecule has 0 aliphatic heterocycles. The zero-order valence-electron chi connectivity index (χ0n) is 14.7. The summed E-state index contributed by atoms with van der Waals surface area (Å²) < 4.78 is 10.8. The van der Waals surface area contributed by atoms with Gasteiger partial charge in [-0.3, -0.25) is 0 Å². The molecule has 1 heterocycles. The highest BCUT2D eigenvalue weighted by Gasteiger charge is 2.17. The molecule has 1 aromatic rings. The third kappa shape index (κ3) is 5.33. The molecule has 0 spiro atoms. The van der Waals surface area contributed by atoms with Crippen LogP contribution in [0.4, 0.5) is 0 Å². The van der Waals surface area contributed by atoms with Crippen molar-refractivity contribution in [3.63, 3.8) is 0 Å². The third-order valence-electron chi connectivity index (χ3n) is 3.58. The van der Waals surface area contributed by atoms with Gasteiger partial charge in [-0.2, -0.15) is 0 Å². The molecule has 0 atom stereocenters. The standard InChI is InChI=1S/C16H30N4O2/c1-7-13-12(14(8-2)22-20-13)10-18-15(17-9-3)19-11-16(4,5)21-6/h7-11H2,1-6H3,(H2,17,18,19). The molecule has 0 amide bonds. The molecular formula is C16H30N4O2. The number of ether oxygens (including phenoxy) is 1. The van der Waals surface area contributed by atoms with E-state index in [1.807, 2.05) is 20.8 Å². The highest BCUT2D eigenvalue weighted by Crippen LogP contribution is 2.16. The molecule has 0 unspecified atom stereocenters. The maximum atomic E-state index is 5.42. The summed E-state index contributed by atoms with van der Waals surface area (Å²) >= 11 is 0. The summed E-state index contributed by atoms with van der Waals surface area (Å²) in [5, 5.41) is 10.7. The first kappa shape index (κ1) is 18.5. The van der Waals surface area contributed by atoms with Gasteiger partial charge in [0, 0.05) is 32.2 Å². The first-order valence-electron chi connectivity index (χ1n) is 8.01. The van der Waals surface area contributed by atoms with Crippen molar-refractivity contribution in [2.24, 2.45) is 4.99 Å². The van der Waals surface area contributed by atoms with E-state index in [2.05, 4.69) is 34.6 Å². The Morgan fingerprint density at radius 3 is 2.50 bits per heavy atom. The lowest BCUT2D eigenvalue weighted by Gasteiger charge is -2.24. The molecule has 0 bridgehead atoms. The minimum Gasteiger partial charge on any atom is -0.377 e. The second-order valence-corrected chi connectivity index (χ2v) is 5.75. The van der Waals surface area contributed by atoms with E-state index < -0.39 is 0 Å². The smallest absolute Gasteiger partial charge is 0.191 e. The van der Waals surface area contributed by atoms with Crippen LogP contribution in [0.1, 0.15) is 51.6 Å². The lowest BCUT2D eigenvalue weighted by molar-refractivity contribution is 0.0268. The quantitative estimate of drug-likeness (QED) is 0.569. The molecule has 2 N–H and O–H groups in total. The van der Waals surface area contributed by atoms with Crippen LogP contribution in [-0.2, 0) is 24.1 Å². The van der Waals surface area contributed by atoms with E-state index >= 15 is 0 Å². The SMILES string of the molecule is CCNC(=NCc1c(CC)noc1CC)NCC(C)(C)OC. The Labute approximate surface area is 133 Å². The van der Waals surface area contributed by atoms with Crippen molar-refractivity contribution in [3.05, 3.63) is 17.0 Å². The van der Waals surface area contributed by atoms with E-state index in [1.165, 1.54) is 0 Å². The molecule has 1 aromatic heterocycles. The normalized spacial score (nSPS) is 12.5. The number of hydrogen-bond acceptors (Lipinski definition) is 4. The lowest BCUT2D eigenvalue weighted by atomic mass is 10.1. The summed E-state index contributed by atoms with van der Waals surface area (Å²) in [5.74, 6) is 1.70. The summed E-state index contributed by atoms with van der Waals surface area (Å²) in [7, 11) is 1.71. The molecule has 6 heteroatoms. The number of methoxy groups -OCH3 is 1. The molecular weight excluding hydrogens is 280 g/mol. The van der Waals surface area contributed by atoms with E-state index in [-0.39, 0.29) is 5.60 Å². The van der Waals surface area contributed by atoms with Crippen LogP contribution >= 0.6 is 0 Å². The van der Waals surface area contributed by atoms with Crippen LogP contribution in [-0.4, -0.2) is 36.9 Å². The summed E-state index contributed by atoms with van der Waals surface area (Å²) in [6.45, 7) is 12.3. The second-order valence-electron chi connectivity index (χ2n) is 5.75. The highest BCUT2D eigenvalue weighted by atomic mass is 16.5. The van der Waals surface area contributed by atoms with Gasteiger partial charge >= 0.3 is 0 Å². The topological polar surface area (TPSA) is 71.7 Å². The average Bonchev–Trinajstić information content (AvgIpc) is 2.92. The van der Waals surface area contributed by atoms with E-state index in [4.69, 9.17) is 9.26 Å². The van der Waals surface area contributed by atoms with Crippen LogP contribution in [0.2, 0.25) is 0 Å². The van der Waals surface area contributed by atoms with Crippen molar-refractivity contribution in [1.29, 1.82) is 0 Å². The molecule has 0 saturated carbocycles. The van der Waals surface area contributed by atoms with E-state index in [9.17, 15) is 0 Å². The largest absolute Gasteiger partial charge is 0.377 e. The van der Waals surface area contributed by atoms with Crippen LogP contribution in [0, 0.1) is 0 Å². The molecule has 0 radical (unpaired) electrons. The van der Waals surface area contributed by atoms with Crippen LogP contribution in [0.15, 0.2) is 9.52 Å². The maximum absolute atomic E-state index is 5.42. The van der Waals surface area contributed by atoms with Crippen molar-refractivity contribution in [3.8, 4) is 0 Å². The van der Waals surface area contributed by atoms with E-state index in [1.54, 1.807) is 7.11 Å². The van der Waals surface area contributed by atoms with Gasteiger partial charge in [0.05, 0.1) is 17.8 Å². The predicted molar refractivity (Wildman–Crippen MR) is 89.2 cm³/mol. The van der Waals surface area contributed by atoms with Gasteiger partial charge in [-0.15, -0.1) is 0 Å². The number of hydrogen-bond donors (Lipinski definition) is 2. The fraction of sp³-hybridized carbons (Fsp3) is 0.750. The second kappa shape index (κ2) is 8.78. The van der Waals surface area contributed by atoms with Gasteiger partial charge in [0.25, 0.3) is 0 Å². The number of aryl methyl sites for hydroxylation is 2. The van der Waals surface area contributed by atoms with Gasteiger partial charge in [-0.25, -0.2) is 4.99 Å². The van der Waals surface area contributed by atoms with Gasteiger partial charge in [-0.1, -0.05) is 19.0 Å². The first-order chi connectivity index (χ1) is 10.5. The molecule has 126 valence electrons. The Morgan fingerprint density at radius 1 is 1.23 bits per heavy atom. The Hall–Kier alpha value is -1.56. The van der Waals surface area contributed by atoms with Crippen LogP contribution in [0.3, 0.4) is 0 Å². The van der Waals surface area contributed by atoms with E-state index in [0.29, 0.717) is 13.1 Å². The number of rotatable bonds is 8. The number of aromatic nitrogens is 1. The molecule has 0 aliphatic rings. The minimum absolute atomic E-state index is 0.240. The highest BCUT2D eigenvalue weighted by molar-refractivity contribution is 5.79. The lowest BCUT2D eigenvalue weighted by Crippen LogP contribution is -2.45. The van der Waals surface area contributed by atoms with Crippen molar-refractivity contribution in [2.75, 3.05) is 20.2 Å². The third-order valence-corrected chi connectivity index (χ3v) is 3.58. The molecule has 6 nitrogen and oxygen atoms in total. The number of guanidine groups is 1. The van der Waals surface area contributed by atoms with Crippen molar-refractivity contribution in [2.45, 2.75) is 59.6 Å². The van der Waals surface area contributed by atoms with Gasteiger partial charge < -0.3 is 19.9 Å². The van der Waals surface area contributed by atoms with Crippen molar-refractivity contribution < 1.29 is 9.26 Å². The molecule has 0 aromatic carbocycles. The van der Waals surface area contributed by atoms with Crippen LogP contribution in [0.5, 0.6) is 0 Å². The van der Waals surface area contributed by atoms with Crippen LogP contribution < -0.4 is 10.6 Å². The molecule has 1 rings (SSSR count). The van der Waals surface area contributed by atoms with Gasteiger partial charge in [-0.05, 0) is 27.2 Å². The summed E-state index contributed by atoms with van der Waals surface area (Å²) in [6.07, 6.45) is 1.69. The molecule has 0 aliphatic carbocycles. The Bertz CT molecular complexity index is 459. The van der Waals surface area contributed by atoms with Crippen molar-refractivity contribution >= 4 is 5.96 Å². The van der Waals surface area contributed by atoms with E-state index in [0.717, 1.165) is 42.4 Å². The average molecular weight is 310 g/mol. The summed E-state index contributed by atoms with van der Waals surface area (Å²) in [5.41, 5.74) is 1.86. The monoisotopic (exact) mass is 310 g/mol. The van der Waals surface area contributed by atoms with Gasteiger partial charge in [0.2, 0.25) is 0 Å². The van der Waals surface area contributed by atoms with Gasteiger partial charge in [0.1, 0.15) is 5.76 Å². The minimum atomic E-state index is -0.240. The zero-order valence-corrected chi connectivity index (χ0v) is 14.7. The van der Waals surface area contributed by atoms with Gasteiger partial charge in [0.15, 0.2) is 5.96 Å². The Balaban J connectivity index is 2.79. The molecule has 0 saturated heterocycles.